The molecule has 2 N–H and O–H groups in total. The summed E-state index contributed by atoms with van der Waals surface area (Å²) in [6, 6.07) is 3.27. The lowest BCUT2D eigenvalue weighted by Crippen LogP contribution is -2.48. The fourth-order valence-electron chi connectivity index (χ4n) is 2.12. The third kappa shape index (κ3) is 2.90. The first-order chi connectivity index (χ1) is 7.97. The molecule has 17 heavy (non-hydrogen) atoms. The van der Waals surface area contributed by atoms with Gasteiger partial charge in [-0.2, -0.15) is 0 Å². The van der Waals surface area contributed by atoms with Gasteiger partial charge in [-0.1, -0.05) is 12.8 Å². The number of aliphatic hydroxyl groups excluding tert-OH is 1. The van der Waals surface area contributed by atoms with Crippen molar-refractivity contribution in [3.63, 3.8) is 0 Å². The van der Waals surface area contributed by atoms with Crippen LogP contribution in [0.3, 0.4) is 0 Å². The van der Waals surface area contributed by atoms with E-state index in [4.69, 9.17) is 0 Å². The summed E-state index contributed by atoms with van der Waals surface area (Å²) in [4.78, 5) is 0. The van der Waals surface area contributed by atoms with Crippen molar-refractivity contribution in [3.8, 4) is 0 Å². The quantitative estimate of drug-likeness (QED) is 0.882. The van der Waals surface area contributed by atoms with Gasteiger partial charge in [-0.05, 0) is 40.9 Å². The molecule has 0 aromatic carbocycles. The summed E-state index contributed by atoms with van der Waals surface area (Å²) in [5.74, 6) is 0. The number of hydrogen-bond acceptors (Lipinski definition) is 4. The highest BCUT2D eigenvalue weighted by molar-refractivity contribution is 9.11. The molecule has 0 saturated heterocycles. The van der Waals surface area contributed by atoms with Crippen LogP contribution in [0.1, 0.15) is 25.7 Å². The summed E-state index contributed by atoms with van der Waals surface area (Å²) in [6.45, 7) is -0.140. The molecule has 96 valence electrons. The van der Waals surface area contributed by atoms with E-state index in [0.717, 1.165) is 16.6 Å². The molecule has 1 aliphatic rings. The van der Waals surface area contributed by atoms with Gasteiger partial charge in [0.05, 0.1) is 15.9 Å². The zero-order chi connectivity index (χ0) is 12.5. The van der Waals surface area contributed by atoms with Gasteiger partial charge in [0.1, 0.15) is 4.21 Å². The molecule has 0 radical (unpaired) electrons. The fraction of sp³-hybridized carbons (Fsp3) is 0.600. The highest BCUT2D eigenvalue weighted by Crippen LogP contribution is 2.32. The number of halogens is 1. The number of sulfonamides is 1. The Morgan fingerprint density at radius 2 is 2.06 bits per heavy atom. The van der Waals surface area contributed by atoms with E-state index in [1.54, 1.807) is 12.1 Å². The second-order valence-electron chi connectivity index (χ2n) is 4.31. The molecule has 1 aromatic rings. The van der Waals surface area contributed by atoms with Crippen LogP contribution in [0.5, 0.6) is 0 Å². The molecule has 0 atom stereocenters. The number of aliphatic hydroxyl groups is 1. The molecule has 0 aliphatic heterocycles. The van der Waals surface area contributed by atoms with Gasteiger partial charge in [0, 0.05) is 0 Å². The first kappa shape index (κ1) is 13.5. The summed E-state index contributed by atoms with van der Waals surface area (Å²) in [5.41, 5.74) is -0.657. The summed E-state index contributed by atoms with van der Waals surface area (Å²) >= 11 is 4.42. The maximum absolute atomic E-state index is 12.1. The van der Waals surface area contributed by atoms with Crippen LogP contribution in [0.15, 0.2) is 20.1 Å². The molecular weight excluding hydrogens is 326 g/mol. The van der Waals surface area contributed by atoms with Crippen LogP contribution < -0.4 is 4.72 Å². The number of rotatable bonds is 4. The van der Waals surface area contributed by atoms with Gasteiger partial charge in [0.15, 0.2) is 0 Å². The van der Waals surface area contributed by atoms with Crippen molar-refractivity contribution in [2.75, 3.05) is 6.61 Å². The molecule has 1 saturated carbocycles. The Morgan fingerprint density at radius 1 is 1.41 bits per heavy atom. The van der Waals surface area contributed by atoms with E-state index < -0.39 is 15.6 Å². The third-order valence-electron chi connectivity index (χ3n) is 3.03. The minimum Gasteiger partial charge on any atom is -0.394 e. The van der Waals surface area contributed by atoms with E-state index in [1.165, 1.54) is 11.3 Å². The Bertz CT molecular complexity index is 491. The number of nitrogens with one attached hydrogen (secondary N) is 1. The van der Waals surface area contributed by atoms with Crippen LogP contribution in [0, 0.1) is 0 Å². The summed E-state index contributed by atoms with van der Waals surface area (Å²) in [5, 5.41) is 9.40. The molecule has 0 unspecified atom stereocenters. The minimum absolute atomic E-state index is 0.140. The lowest BCUT2D eigenvalue weighted by atomic mass is 10.0. The maximum atomic E-state index is 12.1. The van der Waals surface area contributed by atoms with Crippen molar-refractivity contribution < 1.29 is 13.5 Å². The SMILES string of the molecule is O=S(=O)(NC1(CO)CCCC1)c1ccc(Br)s1. The average Bonchev–Trinajstić information content (AvgIpc) is 2.87. The van der Waals surface area contributed by atoms with E-state index in [0.29, 0.717) is 12.8 Å². The predicted octanol–water partition coefficient (Wildman–Crippen LogP) is 2.09. The van der Waals surface area contributed by atoms with Crippen molar-refractivity contribution in [2.24, 2.45) is 0 Å². The Kier molecular flexibility index (Phi) is 3.94. The van der Waals surface area contributed by atoms with Crippen LogP contribution in [0.4, 0.5) is 0 Å². The Labute approximate surface area is 113 Å². The highest BCUT2D eigenvalue weighted by Gasteiger charge is 2.37. The molecule has 0 bridgehead atoms. The largest absolute Gasteiger partial charge is 0.394 e. The lowest BCUT2D eigenvalue weighted by Gasteiger charge is -2.27. The van der Waals surface area contributed by atoms with E-state index in [-0.39, 0.29) is 10.8 Å². The van der Waals surface area contributed by atoms with Crippen LogP contribution in [0.25, 0.3) is 0 Å². The molecular formula is C10H14BrNO3S2. The summed E-state index contributed by atoms with van der Waals surface area (Å²) in [7, 11) is -3.51. The molecule has 4 nitrogen and oxygen atoms in total. The molecule has 7 heteroatoms. The van der Waals surface area contributed by atoms with Crippen molar-refractivity contribution >= 4 is 37.3 Å². The van der Waals surface area contributed by atoms with Gasteiger partial charge >= 0.3 is 0 Å². The molecule has 1 aliphatic carbocycles. The molecule has 1 aromatic heterocycles. The van der Waals surface area contributed by atoms with Gasteiger partial charge in [0.2, 0.25) is 0 Å². The third-order valence-corrected chi connectivity index (χ3v) is 6.72. The van der Waals surface area contributed by atoms with Gasteiger partial charge < -0.3 is 5.11 Å². The molecule has 0 spiro atoms. The van der Waals surface area contributed by atoms with Crippen molar-refractivity contribution in [1.29, 1.82) is 0 Å². The Morgan fingerprint density at radius 3 is 2.53 bits per heavy atom. The monoisotopic (exact) mass is 339 g/mol. The molecule has 1 heterocycles. The van der Waals surface area contributed by atoms with Crippen molar-refractivity contribution in [3.05, 3.63) is 15.9 Å². The van der Waals surface area contributed by atoms with Gasteiger partial charge in [-0.15, -0.1) is 11.3 Å². The highest BCUT2D eigenvalue weighted by atomic mass is 79.9. The molecule has 0 amide bonds. The standard InChI is InChI=1S/C10H14BrNO3S2/c11-8-3-4-9(16-8)17(14,15)12-10(7-13)5-1-2-6-10/h3-4,12-13H,1-2,5-7H2. The number of hydrogen-bond donors (Lipinski definition) is 2. The minimum atomic E-state index is -3.51. The zero-order valence-corrected chi connectivity index (χ0v) is 12.4. The van der Waals surface area contributed by atoms with E-state index in [2.05, 4.69) is 20.7 Å². The van der Waals surface area contributed by atoms with Crippen molar-refractivity contribution in [1.82, 2.24) is 4.72 Å². The Balaban J connectivity index is 2.22. The average molecular weight is 340 g/mol. The normalized spacial score (nSPS) is 19.6. The summed E-state index contributed by atoms with van der Waals surface area (Å²) in [6.07, 6.45) is 3.32. The van der Waals surface area contributed by atoms with Crippen LogP contribution in [-0.2, 0) is 10.0 Å². The van der Waals surface area contributed by atoms with Gasteiger partial charge in [0.25, 0.3) is 10.0 Å². The van der Waals surface area contributed by atoms with E-state index in [9.17, 15) is 13.5 Å². The van der Waals surface area contributed by atoms with Gasteiger partial charge in [-0.25, -0.2) is 13.1 Å². The van der Waals surface area contributed by atoms with Crippen LogP contribution in [-0.4, -0.2) is 25.7 Å². The maximum Gasteiger partial charge on any atom is 0.250 e. The predicted molar refractivity (Wildman–Crippen MR) is 70.6 cm³/mol. The second kappa shape index (κ2) is 4.97. The van der Waals surface area contributed by atoms with E-state index in [1.807, 2.05) is 0 Å². The Hall–Kier alpha value is 0.0500. The lowest BCUT2D eigenvalue weighted by molar-refractivity contribution is 0.185. The number of thiophene rings is 1. The first-order valence-corrected chi connectivity index (χ1v) is 8.47. The smallest absolute Gasteiger partial charge is 0.250 e. The van der Waals surface area contributed by atoms with E-state index >= 15 is 0 Å². The molecule has 1 fully saturated rings. The zero-order valence-electron chi connectivity index (χ0n) is 9.15. The van der Waals surface area contributed by atoms with Crippen LogP contribution >= 0.6 is 27.3 Å². The topological polar surface area (TPSA) is 66.4 Å². The van der Waals surface area contributed by atoms with Gasteiger partial charge in [-0.3, -0.25) is 0 Å². The summed E-state index contributed by atoms with van der Waals surface area (Å²) < 4.78 is 28.0. The van der Waals surface area contributed by atoms with Crippen molar-refractivity contribution in [2.45, 2.75) is 35.4 Å². The second-order valence-corrected chi connectivity index (χ2v) is 8.68. The van der Waals surface area contributed by atoms with Crippen LogP contribution in [0.2, 0.25) is 0 Å². The fourth-order valence-corrected chi connectivity index (χ4v) is 5.58. The first-order valence-electron chi connectivity index (χ1n) is 5.38. The molecule has 2 rings (SSSR count).